The number of aryl methyl sites for hydroxylation is 1. The number of carbonyl (C=O) groups is 1. The predicted molar refractivity (Wildman–Crippen MR) is 130 cm³/mol. The van der Waals surface area contributed by atoms with Crippen LogP contribution in [0, 0.1) is 0 Å². The number of piperidine rings is 1. The first-order valence-electron chi connectivity index (χ1n) is 11.9. The van der Waals surface area contributed by atoms with Crippen molar-refractivity contribution in [2.75, 3.05) is 39.4 Å². The number of ether oxygens (including phenoxy) is 1. The van der Waals surface area contributed by atoms with Gasteiger partial charge in [0.1, 0.15) is 0 Å². The molecule has 2 aromatic carbocycles. The number of hydrogen-bond acceptors (Lipinski definition) is 5. The zero-order valence-electron chi connectivity index (χ0n) is 19.3. The van der Waals surface area contributed by atoms with Crippen molar-refractivity contribution in [3.63, 3.8) is 0 Å². The number of hydrogen-bond donors (Lipinski definition) is 0. The smallest absolute Gasteiger partial charge is 0.320 e. The van der Waals surface area contributed by atoms with E-state index < -0.39 is 0 Å². The Hall–Kier alpha value is -2.90. The molecule has 34 heavy (non-hydrogen) atoms. The number of halogens is 1. The number of amides is 2. The van der Waals surface area contributed by atoms with Crippen molar-refractivity contribution in [2.45, 2.75) is 31.6 Å². The van der Waals surface area contributed by atoms with E-state index in [0.717, 1.165) is 18.4 Å². The monoisotopic (exact) mass is 480 g/mol. The maximum absolute atomic E-state index is 13.4. The van der Waals surface area contributed by atoms with Crippen molar-refractivity contribution in [3.8, 4) is 11.4 Å². The summed E-state index contributed by atoms with van der Waals surface area (Å²) >= 11 is 6.02. The molecule has 178 valence electrons. The molecule has 2 fully saturated rings. The molecule has 2 atom stereocenters. The van der Waals surface area contributed by atoms with Crippen LogP contribution in [0.5, 0.6) is 0 Å². The van der Waals surface area contributed by atoms with Gasteiger partial charge in [-0.25, -0.2) is 4.79 Å². The van der Waals surface area contributed by atoms with Gasteiger partial charge in [0.15, 0.2) is 0 Å². The fourth-order valence-electron chi connectivity index (χ4n) is 4.77. The van der Waals surface area contributed by atoms with Gasteiger partial charge >= 0.3 is 6.03 Å². The Morgan fingerprint density at radius 2 is 1.71 bits per heavy atom. The van der Waals surface area contributed by atoms with Gasteiger partial charge in [0.2, 0.25) is 11.7 Å². The van der Waals surface area contributed by atoms with Crippen molar-refractivity contribution in [1.29, 1.82) is 0 Å². The highest BCUT2D eigenvalue weighted by atomic mass is 35.5. The molecule has 2 aliphatic rings. The molecule has 3 heterocycles. The number of carbonyl (C=O) groups excluding carboxylic acids is 1. The lowest BCUT2D eigenvalue weighted by Gasteiger charge is -2.40. The Kier molecular flexibility index (Phi) is 6.83. The van der Waals surface area contributed by atoms with E-state index in [9.17, 15) is 4.79 Å². The highest BCUT2D eigenvalue weighted by Gasteiger charge is 2.36. The van der Waals surface area contributed by atoms with Crippen LogP contribution in [-0.2, 0) is 11.2 Å². The molecule has 2 amide bonds. The molecule has 0 radical (unpaired) electrons. The van der Waals surface area contributed by atoms with E-state index in [1.165, 1.54) is 11.1 Å². The summed E-state index contributed by atoms with van der Waals surface area (Å²) in [5.74, 6) is 1.26. The summed E-state index contributed by atoms with van der Waals surface area (Å²) in [6, 6.07) is 16.2. The molecule has 0 aliphatic carbocycles. The van der Waals surface area contributed by atoms with Crippen molar-refractivity contribution in [2.24, 2.45) is 0 Å². The second-order valence-corrected chi connectivity index (χ2v) is 9.41. The van der Waals surface area contributed by atoms with E-state index in [1.54, 1.807) is 0 Å². The molecule has 2 aliphatic heterocycles. The highest BCUT2D eigenvalue weighted by Crippen LogP contribution is 2.36. The number of aromatic nitrogens is 2. The third-order valence-electron chi connectivity index (χ3n) is 6.76. The van der Waals surface area contributed by atoms with Crippen LogP contribution in [0.4, 0.5) is 4.79 Å². The normalized spacial score (nSPS) is 21.0. The van der Waals surface area contributed by atoms with E-state index in [0.29, 0.717) is 56.1 Å². The molecule has 3 aromatic rings. The fourth-order valence-corrected chi connectivity index (χ4v) is 4.90. The molecule has 0 spiro atoms. The number of rotatable bonds is 4. The van der Waals surface area contributed by atoms with Crippen molar-refractivity contribution >= 4 is 17.6 Å². The van der Waals surface area contributed by atoms with Crippen LogP contribution in [-0.4, -0.2) is 65.4 Å². The summed E-state index contributed by atoms with van der Waals surface area (Å²) in [5, 5.41) is 4.87. The van der Waals surface area contributed by atoms with Gasteiger partial charge in [-0.15, -0.1) is 0 Å². The maximum atomic E-state index is 13.4. The minimum absolute atomic E-state index is 0.0388. The fraction of sp³-hybridized carbons (Fsp3) is 0.423. The highest BCUT2D eigenvalue weighted by molar-refractivity contribution is 6.30. The Morgan fingerprint density at radius 1 is 1.00 bits per heavy atom. The van der Waals surface area contributed by atoms with Crippen LogP contribution in [0.3, 0.4) is 0 Å². The van der Waals surface area contributed by atoms with Gasteiger partial charge in [0.25, 0.3) is 0 Å². The zero-order chi connectivity index (χ0) is 23.5. The number of nitrogens with zero attached hydrogens (tertiary/aromatic N) is 4. The summed E-state index contributed by atoms with van der Waals surface area (Å²) in [6.07, 6.45) is 1.85. The maximum Gasteiger partial charge on any atom is 0.320 e. The lowest BCUT2D eigenvalue weighted by Crippen LogP contribution is -2.52. The molecule has 5 rings (SSSR count). The molecule has 0 bridgehead atoms. The molecular formula is C26H29ClN4O3. The molecular weight excluding hydrogens is 452 g/mol. The average Bonchev–Trinajstić information content (AvgIpc) is 3.39. The summed E-state index contributed by atoms with van der Waals surface area (Å²) in [5.41, 5.74) is 3.39. The number of morpholine rings is 1. The number of benzene rings is 2. The topological polar surface area (TPSA) is 71.7 Å². The molecule has 0 N–H and O–H groups in total. The molecule has 1 aromatic heterocycles. The van der Waals surface area contributed by atoms with E-state index in [2.05, 4.69) is 36.3 Å². The SMILES string of the molecule is CCc1ccc(C2CC(c3nc(-c4ccc(Cl)cc4)no3)CN(C(=O)N3CCOCC3)C2)cc1. The first-order valence-corrected chi connectivity index (χ1v) is 12.3. The van der Waals surface area contributed by atoms with Gasteiger partial charge < -0.3 is 19.1 Å². The Labute approximate surface area is 204 Å². The van der Waals surface area contributed by atoms with Gasteiger partial charge in [0, 0.05) is 42.7 Å². The van der Waals surface area contributed by atoms with E-state index in [1.807, 2.05) is 34.1 Å². The van der Waals surface area contributed by atoms with E-state index >= 15 is 0 Å². The Balaban J connectivity index is 1.40. The van der Waals surface area contributed by atoms with Crippen molar-refractivity contribution in [3.05, 3.63) is 70.6 Å². The summed E-state index contributed by atoms with van der Waals surface area (Å²) in [7, 11) is 0. The molecule has 8 heteroatoms. The van der Waals surface area contributed by atoms with Crippen LogP contribution in [0.2, 0.25) is 5.02 Å². The third-order valence-corrected chi connectivity index (χ3v) is 7.01. The number of urea groups is 1. The van der Waals surface area contributed by atoms with Gasteiger partial charge in [-0.1, -0.05) is 47.9 Å². The van der Waals surface area contributed by atoms with E-state index in [4.69, 9.17) is 25.8 Å². The molecule has 7 nitrogen and oxygen atoms in total. The van der Waals surface area contributed by atoms with E-state index in [-0.39, 0.29) is 17.9 Å². The average molecular weight is 481 g/mol. The number of likely N-dealkylation sites (tertiary alicyclic amines) is 1. The predicted octanol–water partition coefficient (Wildman–Crippen LogP) is 4.98. The van der Waals surface area contributed by atoms with Crippen LogP contribution in [0.25, 0.3) is 11.4 Å². The van der Waals surface area contributed by atoms with Gasteiger partial charge in [-0.3, -0.25) is 0 Å². The minimum Gasteiger partial charge on any atom is -0.378 e. The Morgan fingerprint density at radius 3 is 2.41 bits per heavy atom. The summed E-state index contributed by atoms with van der Waals surface area (Å²) in [4.78, 5) is 21.9. The van der Waals surface area contributed by atoms with Gasteiger partial charge in [-0.05, 0) is 48.2 Å². The molecule has 0 saturated carbocycles. The Bertz CT molecular complexity index is 1110. The molecule has 2 saturated heterocycles. The van der Waals surface area contributed by atoms with Crippen LogP contribution >= 0.6 is 11.6 Å². The van der Waals surface area contributed by atoms with Crippen molar-refractivity contribution in [1.82, 2.24) is 19.9 Å². The zero-order valence-corrected chi connectivity index (χ0v) is 20.1. The quantitative estimate of drug-likeness (QED) is 0.526. The van der Waals surface area contributed by atoms with Gasteiger partial charge in [0.05, 0.1) is 19.1 Å². The largest absolute Gasteiger partial charge is 0.378 e. The standard InChI is InChI=1S/C26H29ClN4O3/c1-2-18-3-5-19(6-4-18)21-15-22(17-31(16-21)26(32)30-11-13-33-14-12-30)25-28-24(29-34-25)20-7-9-23(27)10-8-20/h3-10,21-22H,2,11-17H2,1H3. The second kappa shape index (κ2) is 10.2. The minimum atomic E-state index is -0.0388. The second-order valence-electron chi connectivity index (χ2n) is 8.97. The summed E-state index contributed by atoms with van der Waals surface area (Å²) in [6.45, 7) is 5.80. The first kappa shape index (κ1) is 22.9. The molecule has 2 unspecified atom stereocenters. The van der Waals surface area contributed by atoms with Crippen molar-refractivity contribution < 1.29 is 14.1 Å². The lowest BCUT2D eigenvalue weighted by atomic mass is 9.84. The van der Waals surface area contributed by atoms with Gasteiger partial charge in [-0.2, -0.15) is 4.98 Å². The third kappa shape index (κ3) is 4.95. The summed E-state index contributed by atoms with van der Waals surface area (Å²) < 4.78 is 11.2. The first-order chi connectivity index (χ1) is 16.6. The van der Waals surface area contributed by atoms with Crippen LogP contribution < -0.4 is 0 Å². The lowest BCUT2D eigenvalue weighted by molar-refractivity contribution is 0.0392. The van der Waals surface area contributed by atoms with Crippen LogP contribution in [0.1, 0.15) is 42.2 Å². The van der Waals surface area contributed by atoms with Crippen LogP contribution in [0.15, 0.2) is 53.1 Å².